The van der Waals surface area contributed by atoms with Crippen LogP contribution in [0.25, 0.3) is 0 Å². The molecule has 0 amide bonds. The largest absolute Gasteiger partial charge is 0.397 e. The van der Waals surface area contributed by atoms with Crippen molar-refractivity contribution >= 4 is 11.4 Å². The topological polar surface area (TPSA) is 29.3 Å². The molecule has 2 N–H and O–H groups in total. The van der Waals surface area contributed by atoms with E-state index in [0.29, 0.717) is 11.4 Å². The fourth-order valence-electron chi connectivity index (χ4n) is 1.14. The lowest BCUT2D eigenvalue weighted by Gasteiger charge is -2.20. The molecule has 0 aromatic heterocycles. The number of rotatable bonds is 3. The van der Waals surface area contributed by atoms with Gasteiger partial charge in [-0.05, 0) is 12.1 Å². The van der Waals surface area contributed by atoms with E-state index < -0.39 is 6.43 Å². The number of alkyl halides is 2. The lowest BCUT2D eigenvalue weighted by atomic mass is 10.2. The lowest BCUT2D eigenvalue weighted by molar-refractivity contribution is 0.156. The van der Waals surface area contributed by atoms with Crippen molar-refractivity contribution in [3.8, 4) is 0 Å². The highest BCUT2D eigenvalue weighted by Crippen LogP contribution is 2.21. The second kappa shape index (κ2) is 4.07. The lowest BCUT2D eigenvalue weighted by Crippen LogP contribution is -2.24. The zero-order valence-corrected chi connectivity index (χ0v) is 7.37. The third-order valence-corrected chi connectivity index (χ3v) is 1.76. The molecule has 0 unspecified atom stereocenters. The summed E-state index contributed by atoms with van der Waals surface area (Å²) in [6.07, 6.45) is -2.34. The molecule has 0 aliphatic carbocycles. The zero-order valence-electron chi connectivity index (χ0n) is 7.37. The average Bonchev–Trinajstić information content (AvgIpc) is 2.03. The van der Waals surface area contributed by atoms with E-state index in [1.807, 2.05) is 0 Å². The molecule has 1 aromatic carbocycles. The molecule has 0 atom stereocenters. The van der Waals surface area contributed by atoms with Gasteiger partial charge in [-0.25, -0.2) is 8.78 Å². The Balaban J connectivity index is 2.76. The molecule has 0 saturated heterocycles. The monoisotopic (exact) mass is 186 g/mol. The van der Waals surface area contributed by atoms with Crippen LogP contribution in [0.15, 0.2) is 24.3 Å². The number of para-hydroxylation sites is 2. The number of nitrogen functional groups attached to an aromatic ring is 1. The molecule has 0 fully saturated rings. The number of anilines is 2. The summed E-state index contributed by atoms with van der Waals surface area (Å²) in [5, 5.41) is 0. The highest BCUT2D eigenvalue weighted by molar-refractivity contribution is 5.66. The molecule has 2 nitrogen and oxygen atoms in total. The highest BCUT2D eigenvalue weighted by atomic mass is 19.3. The Bertz CT molecular complexity index is 276. The Kier molecular flexibility index (Phi) is 3.06. The van der Waals surface area contributed by atoms with Gasteiger partial charge in [0.2, 0.25) is 0 Å². The molecule has 13 heavy (non-hydrogen) atoms. The van der Waals surface area contributed by atoms with Crippen LogP contribution >= 0.6 is 0 Å². The maximum absolute atomic E-state index is 12.0. The number of hydrogen-bond donors (Lipinski definition) is 1. The number of halogens is 2. The molecule has 0 saturated carbocycles. The van der Waals surface area contributed by atoms with Crippen molar-refractivity contribution in [1.82, 2.24) is 0 Å². The van der Waals surface area contributed by atoms with Gasteiger partial charge in [-0.1, -0.05) is 12.1 Å². The van der Waals surface area contributed by atoms with Crippen LogP contribution in [0, 0.1) is 0 Å². The van der Waals surface area contributed by atoms with E-state index in [1.54, 1.807) is 31.3 Å². The summed E-state index contributed by atoms with van der Waals surface area (Å²) < 4.78 is 24.0. The van der Waals surface area contributed by atoms with E-state index in [1.165, 1.54) is 4.90 Å². The van der Waals surface area contributed by atoms with E-state index in [0.717, 1.165) is 0 Å². The third-order valence-electron chi connectivity index (χ3n) is 1.76. The first kappa shape index (κ1) is 9.77. The van der Waals surface area contributed by atoms with Gasteiger partial charge in [0.15, 0.2) is 0 Å². The van der Waals surface area contributed by atoms with Crippen LogP contribution in [-0.2, 0) is 0 Å². The van der Waals surface area contributed by atoms with Gasteiger partial charge in [0.05, 0.1) is 17.9 Å². The van der Waals surface area contributed by atoms with E-state index >= 15 is 0 Å². The summed E-state index contributed by atoms with van der Waals surface area (Å²) in [6, 6.07) is 6.96. The van der Waals surface area contributed by atoms with Crippen molar-refractivity contribution in [2.45, 2.75) is 6.43 Å². The van der Waals surface area contributed by atoms with Gasteiger partial charge in [-0.3, -0.25) is 0 Å². The van der Waals surface area contributed by atoms with Crippen LogP contribution < -0.4 is 10.6 Å². The number of nitrogens with two attached hydrogens (primary N) is 1. The quantitative estimate of drug-likeness (QED) is 0.731. The van der Waals surface area contributed by atoms with Crippen molar-refractivity contribution in [1.29, 1.82) is 0 Å². The molecule has 0 radical (unpaired) electrons. The van der Waals surface area contributed by atoms with Crippen LogP contribution in [0.1, 0.15) is 0 Å². The smallest absolute Gasteiger partial charge is 0.255 e. The van der Waals surface area contributed by atoms with Gasteiger partial charge in [0.25, 0.3) is 6.43 Å². The first-order chi connectivity index (χ1) is 6.11. The third kappa shape index (κ3) is 2.57. The Morgan fingerprint density at radius 1 is 1.38 bits per heavy atom. The molecular formula is C9H12F2N2. The number of hydrogen-bond acceptors (Lipinski definition) is 2. The highest BCUT2D eigenvalue weighted by Gasteiger charge is 2.09. The van der Waals surface area contributed by atoms with Crippen LogP contribution in [0.4, 0.5) is 20.2 Å². The fraction of sp³-hybridized carbons (Fsp3) is 0.333. The summed E-state index contributed by atoms with van der Waals surface area (Å²) in [5.41, 5.74) is 6.77. The predicted octanol–water partition coefficient (Wildman–Crippen LogP) is 1.97. The molecule has 4 heteroatoms. The second-order valence-electron chi connectivity index (χ2n) is 2.83. The van der Waals surface area contributed by atoms with E-state index in [-0.39, 0.29) is 6.54 Å². The van der Waals surface area contributed by atoms with Crippen molar-refractivity contribution in [2.75, 3.05) is 24.2 Å². The molecule has 0 aliphatic rings. The SMILES string of the molecule is CN(CC(F)F)c1ccccc1N. The van der Waals surface area contributed by atoms with E-state index in [2.05, 4.69) is 0 Å². The maximum atomic E-state index is 12.0. The van der Waals surface area contributed by atoms with Gasteiger partial charge in [0, 0.05) is 7.05 Å². The van der Waals surface area contributed by atoms with Crippen LogP contribution in [0.5, 0.6) is 0 Å². The van der Waals surface area contributed by atoms with Gasteiger partial charge >= 0.3 is 0 Å². The van der Waals surface area contributed by atoms with Crippen molar-refractivity contribution < 1.29 is 8.78 Å². The minimum Gasteiger partial charge on any atom is -0.397 e. The second-order valence-corrected chi connectivity index (χ2v) is 2.83. The van der Waals surface area contributed by atoms with E-state index in [4.69, 9.17) is 5.73 Å². The van der Waals surface area contributed by atoms with Crippen molar-refractivity contribution in [3.63, 3.8) is 0 Å². The molecule has 72 valence electrons. The van der Waals surface area contributed by atoms with Gasteiger partial charge in [-0.2, -0.15) is 0 Å². The average molecular weight is 186 g/mol. The van der Waals surface area contributed by atoms with Crippen molar-refractivity contribution in [3.05, 3.63) is 24.3 Å². The molecule has 0 aliphatic heterocycles. The van der Waals surface area contributed by atoms with Crippen LogP contribution in [0.3, 0.4) is 0 Å². The minimum atomic E-state index is -2.34. The van der Waals surface area contributed by atoms with Crippen molar-refractivity contribution in [2.24, 2.45) is 0 Å². The maximum Gasteiger partial charge on any atom is 0.255 e. The van der Waals surface area contributed by atoms with Gasteiger partial charge < -0.3 is 10.6 Å². The molecule has 0 spiro atoms. The summed E-state index contributed by atoms with van der Waals surface area (Å²) in [5.74, 6) is 0. The molecule has 1 aromatic rings. The summed E-state index contributed by atoms with van der Waals surface area (Å²) >= 11 is 0. The number of nitrogens with zero attached hydrogens (tertiary/aromatic N) is 1. The Morgan fingerprint density at radius 2 is 2.00 bits per heavy atom. The predicted molar refractivity (Wildman–Crippen MR) is 50.1 cm³/mol. The Morgan fingerprint density at radius 3 is 2.54 bits per heavy atom. The zero-order chi connectivity index (χ0) is 9.84. The minimum absolute atomic E-state index is 0.297. The summed E-state index contributed by atoms with van der Waals surface area (Å²) in [7, 11) is 1.60. The van der Waals surface area contributed by atoms with Gasteiger partial charge in [0.1, 0.15) is 0 Å². The molecule has 0 bridgehead atoms. The van der Waals surface area contributed by atoms with Crippen LogP contribution in [-0.4, -0.2) is 20.0 Å². The summed E-state index contributed by atoms with van der Waals surface area (Å²) in [6.45, 7) is -0.297. The van der Waals surface area contributed by atoms with E-state index in [9.17, 15) is 8.78 Å². The van der Waals surface area contributed by atoms with Crippen LogP contribution in [0.2, 0.25) is 0 Å². The normalized spacial score (nSPS) is 10.5. The molecule has 1 rings (SSSR count). The Hall–Kier alpha value is -1.32. The first-order valence-corrected chi connectivity index (χ1v) is 3.95. The summed E-state index contributed by atoms with van der Waals surface area (Å²) in [4.78, 5) is 1.44. The Labute approximate surface area is 76.0 Å². The van der Waals surface area contributed by atoms with Gasteiger partial charge in [-0.15, -0.1) is 0 Å². The molecule has 0 heterocycles. The first-order valence-electron chi connectivity index (χ1n) is 3.95. The molecular weight excluding hydrogens is 174 g/mol. The standard InChI is InChI=1S/C9H12F2N2/c1-13(6-9(10)11)8-5-3-2-4-7(8)12/h2-5,9H,6,12H2,1H3. The fourth-order valence-corrected chi connectivity index (χ4v) is 1.14. The number of benzene rings is 1.